The second-order valence-corrected chi connectivity index (χ2v) is 8.00. The highest BCUT2D eigenvalue weighted by atomic mass is 35.5. The summed E-state index contributed by atoms with van der Waals surface area (Å²) in [4.78, 5) is 16.4. The van der Waals surface area contributed by atoms with Crippen LogP contribution in [0.25, 0.3) is 11.4 Å². The Morgan fingerprint density at radius 3 is 2.92 bits per heavy atom. The average molecular weight is 398 g/mol. The van der Waals surface area contributed by atoms with Gasteiger partial charge in [-0.25, -0.2) is 4.98 Å². The first-order valence-electron chi connectivity index (χ1n) is 6.99. The van der Waals surface area contributed by atoms with E-state index in [1.807, 2.05) is 25.1 Å². The Morgan fingerprint density at radius 2 is 2.17 bits per heavy atom. The summed E-state index contributed by atoms with van der Waals surface area (Å²) >= 11 is 10.1. The van der Waals surface area contributed by atoms with Crippen LogP contribution in [0, 0.1) is 0 Å². The molecule has 124 valence electrons. The Balaban J connectivity index is 1.57. The van der Waals surface area contributed by atoms with Crippen LogP contribution >= 0.6 is 46.2 Å². The van der Waals surface area contributed by atoms with E-state index >= 15 is 0 Å². The van der Waals surface area contributed by atoms with Crippen molar-refractivity contribution in [2.75, 3.05) is 11.1 Å². The molecule has 24 heavy (non-hydrogen) atoms. The number of aromatic nitrogens is 4. The maximum atomic E-state index is 12.0. The predicted molar refractivity (Wildman–Crippen MR) is 99.0 cm³/mol. The SMILES string of the molecule is CCc1nnc(NC(=O)CSc2nc(-c3ccccc3Cl)ns2)s1. The average Bonchev–Trinajstić information content (AvgIpc) is 3.22. The van der Waals surface area contributed by atoms with Gasteiger partial charge in [-0.3, -0.25) is 10.1 Å². The van der Waals surface area contributed by atoms with Gasteiger partial charge in [-0.2, -0.15) is 4.37 Å². The number of anilines is 1. The Morgan fingerprint density at radius 1 is 1.33 bits per heavy atom. The number of hydrogen-bond acceptors (Lipinski definition) is 8. The lowest BCUT2D eigenvalue weighted by molar-refractivity contribution is -0.113. The molecule has 0 bridgehead atoms. The summed E-state index contributed by atoms with van der Waals surface area (Å²) in [6.45, 7) is 1.99. The molecule has 10 heteroatoms. The van der Waals surface area contributed by atoms with Crippen molar-refractivity contribution in [3.8, 4) is 11.4 Å². The minimum absolute atomic E-state index is 0.145. The quantitative estimate of drug-likeness (QED) is 0.633. The number of amides is 1. The van der Waals surface area contributed by atoms with Gasteiger partial charge in [0.25, 0.3) is 0 Å². The van der Waals surface area contributed by atoms with Crippen LogP contribution in [-0.4, -0.2) is 31.2 Å². The number of halogens is 1. The fourth-order valence-corrected chi connectivity index (χ4v) is 4.07. The molecule has 1 amide bonds. The molecular formula is C14H12ClN5OS3. The third-order valence-electron chi connectivity index (χ3n) is 2.86. The molecule has 0 atom stereocenters. The second-order valence-electron chi connectivity index (χ2n) is 4.56. The van der Waals surface area contributed by atoms with Crippen molar-refractivity contribution in [1.82, 2.24) is 19.6 Å². The van der Waals surface area contributed by atoms with Gasteiger partial charge >= 0.3 is 0 Å². The Kier molecular flexibility index (Phi) is 5.77. The minimum atomic E-state index is -0.145. The van der Waals surface area contributed by atoms with Crippen molar-refractivity contribution in [3.05, 3.63) is 34.3 Å². The molecule has 2 heterocycles. The third-order valence-corrected chi connectivity index (χ3v) is 6.01. The highest BCUT2D eigenvalue weighted by molar-refractivity contribution is 8.01. The van der Waals surface area contributed by atoms with Gasteiger partial charge in [-0.05, 0) is 30.1 Å². The van der Waals surface area contributed by atoms with Gasteiger partial charge in [-0.15, -0.1) is 10.2 Å². The molecule has 3 rings (SSSR count). The monoisotopic (exact) mass is 397 g/mol. The first-order chi connectivity index (χ1) is 11.7. The van der Waals surface area contributed by atoms with Gasteiger partial charge < -0.3 is 0 Å². The van der Waals surface area contributed by atoms with E-state index in [2.05, 4.69) is 24.9 Å². The van der Waals surface area contributed by atoms with Gasteiger partial charge in [0.15, 0.2) is 10.2 Å². The zero-order valence-corrected chi connectivity index (χ0v) is 15.7. The van der Waals surface area contributed by atoms with Crippen LogP contribution in [-0.2, 0) is 11.2 Å². The number of nitrogens with one attached hydrogen (secondary N) is 1. The summed E-state index contributed by atoms with van der Waals surface area (Å²) in [5.41, 5.74) is 0.785. The van der Waals surface area contributed by atoms with E-state index in [9.17, 15) is 4.79 Å². The van der Waals surface area contributed by atoms with Crippen molar-refractivity contribution >= 4 is 57.3 Å². The van der Waals surface area contributed by atoms with Gasteiger partial charge in [0.05, 0.1) is 10.8 Å². The molecule has 2 aromatic heterocycles. The Bertz CT molecular complexity index is 850. The molecule has 3 aromatic rings. The standard InChI is InChI=1S/C14H12ClN5OS3/c1-2-11-18-19-13(23-11)16-10(21)7-22-14-17-12(20-24-14)8-5-3-4-6-9(8)15/h3-6H,2,7H2,1H3,(H,16,19,21). The lowest BCUT2D eigenvalue weighted by Gasteiger charge is -1.99. The molecule has 0 radical (unpaired) electrons. The number of carbonyl (C=O) groups excluding carboxylic acids is 1. The molecule has 0 spiro atoms. The van der Waals surface area contributed by atoms with Crippen LogP contribution in [0.2, 0.25) is 5.02 Å². The molecule has 0 aliphatic heterocycles. The largest absolute Gasteiger partial charge is 0.300 e. The van der Waals surface area contributed by atoms with E-state index in [4.69, 9.17) is 11.6 Å². The van der Waals surface area contributed by atoms with Crippen molar-refractivity contribution < 1.29 is 4.79 Å². The third kappa shape index (κ3) is 4.29. The number of aryl methyl sites for hydroxylation is 1. The lowest BCUT2D eigenvalue weighted by atomic mass is 10.2. The Labute approximate surface area is 155 Å². The summed E-state index contributed by atoms with van der Waals surface area (Å²) in [7, 11) is 0. The summed E-state index contributed by atoms with van der Waals surface area (Å²) in [5.74, 6) is 0.664. The maximum Gasteiger partial charge on any atom is 0.236 e. The topological polar surface area (TPSA) is 80.7 Å². The molecule has 1 N–H and O–H groups in total. The number of carbonyl (C=O) groups is 1. The van der Waals surface area contributed by atoms with E-state index in [1.54, 1.807) is 6.07 Å². The first kappa shape index (κ1) is 17.3. The molecule has 6 nitrogen and oxygen atoms in total. The fourth-order valence-electron chi connectivity index (χ4n) is 1.75. The van der Waals surface area contributed by atoms with E-state index in [-0.39, 0.29) is 11.7 Å². The van der Waals surface area contributed by atoms with Crippen LogP contribution in [0.4, 0.5) is 5.13 Å². The van der Waals surface area contributed by atoms with Crippen LogP contribution in [0.5, 0.6) is 0 Å². The number of rotatable bonds is 6. The number of nitrogens with zero attached hydrogens (tertiary/aromatic N) is 4. The number of thioether (sulfide) groups is 1. The summed E-state index contributed by atoms with van der Waals surface area (Å²) in [5, 5.41) is 12.6. The zero-order chi connectivity index (χ0) is 16.9. The van der Waals surface area contributed by atoms with Crippen LogP contribution in [0.3, 0.4) is 0 Å². The van der Waals surface area contributed by atoms with E-state index in [0.717, 1.165) is 17.0 Å². The molecule has 0 aliphatic carbocycles. The molecule has 0 saturated heterocycles. The summed E-state index contributed by atoms with van der Waals surface area (Å²) < 4.78 is 5.01. The predicted octanol–water partition coefficient (Wildman–Crippen LogP) is 4.00. The molecule has 0 unspecified atom stereocenters. The minimum Gasteiger partial charge on any atom is -0.300 e. The van der Waals surface area contributed by atoms with Crippen molar-refractivity contribution in [1.29, 1.82) is 0 Å². The number of benzene rings is 1. The van der Waals surface area contributed by atoms with Crippen LogP contribution in [0.15, 0.2) is 28.6 Å². The first-order valence-corrected chi connectivity index (χ1v) is 9.94. The Hall–Kier alpha value is -1.55. The summed E-state index contributed by atoms with van der Waals surface area (Å²) in [6.07, 6.45) is 0.803. The van der Waals surface area contributed by atoms with Gasteiger partial charge in [-0.1, -0.05) is 53.8 Å². The highest BCUT2D eigenvalue weighted by Gasteiger charge is 2.12. The van der Waals surface area contributed by atoms with E-state index in [1.165, 1.54) is 34.6 Å². The van der Waals surface area contributed by atoms with Crippen molar-refractivity contribution in [2.45, 2.75) is 17.7 Å². The molecule has 0 aliphatic rings. The fraction of sp³-hybridized carbons (Fsp3) is 0.214. The zero-order valence-electron chi connectivity index (χ0n) is 12.5. The highest BCUT2D eigenvalue weighted by Crippen LogP contribution is 2.29. The number of hydrogen-bond donors (Lipinski definition) is 1. The molecule has 0 saturated carbocycles. The summed E-state index contributed by atoms with van der Waals surface area (Å²) in [6, 6.07) is 7.40. The van der Waals surface area contributed by atoms with Gasteiger partial charge in [0.1, 0.15) is 5.01 Å². The molecule has 0 fully saturated rings. The van der Waals surface area contributed by atoms with Crippen LogP contribution < -0.4 is 5.32 Å². The van der Waals surface area contributed by atoms with Crippen molar-refractivity contribution in [3.63, 3.8) is 0 Å². The van der Waals surface area contributed by atoms with Crippen molar-refractivity contribution in [2.24, 2.45) is 0 Å². The maximum absolute atomic E-state index is 12.0. The lowest BCUT2D eigenvalue weighted by Crippen LogP contribution is -2.13. The van der Waals surface area contributed by atoms with E-state index in [0.29, 0.717) is 20.3 Å². The second kappa shape index (κ2) is 8.02. The molecule has 1 aromatic carbocycles. The van der Waals surface area contributed by atoms with E-state index < -0.39 is 0 Å². The normalized spacial score (nSPS) is 10.8. The van der Waals surface area contributed by atoms with Gasteiger partial charge in [0.2, 0.25) is 11.0 Å². The molecular weight excluding hydrogens is 386 g/mol. The smallest absolute Gasteiger partial charge is 0.236 e. The van der Waals surface area contributed by atoms with Crippen LogP contribution in [0.1, 0.15) is 11.9 Å². The van der Waals surface area contributed by atoms with Gasteiger partial charge in [0, 0.05) is 5.56 Å².